The van der Waals surface area contributed by atoms with Gasteiger partial charge >= 0.3 is 5.97 Å². The molecule has 1 atom stereocenters. The molecule has 1 fully saturated rings. The molecule has 0 saturated carbocycles. The number of ketones is 1. The van der Waals surface area contributed by atoms with Gasteiger partial charge in [-0.3, -0.25) is 14.5 Å². The van der Waals surface area contributed by atoms with Crippen LogP contribution in [0.5, 0.6) is 5.75 Å². The van der Waals surface area contributed by atoms with Crippen LogP contribution in [0.15, 0.2) is 72.3 Å². The van der Waals surface area contributed by atoms with Gasteiger partial charge in [-0.25, -0.2) is 4.79 Å². The molecular weight excluding hydrogens is 494 g/mol. The highest BCUT2D eigenvalue weighted by molar-refractivity contribution is 6.51. The number of aryl methyl sites for hydroxylation is 2. The monoisotopic (exact) mass is 527 g/mol. The van der Waals surface area contributed by atoms with E-state index in [1.165, 1.54) is 11.0 Å². The fourth-order valence-corrected chi connectivity index (χ4v) is 4.62. The lowest BCUT2D eigenvalue weighted by Crippen LogP contribution is -2.29. The summed E-state index contributed by atoms with van der Waals surface area (Å²) in [4.78, 5) is 40.7. The van der Waals surface area contributed by atoms with Gasteiger partial charge in [0.25, 0.3) is 11.7 Å². The van der Waals surface area contributed by atoms with Gasteiger partial charge in [-0.1, -0.05) is 49.7 Å². The van der Waals surface area contributed by atoms with E-state index in [1.807, 2.05) is 38.1 Å². The first-order valence-electron chi connectivity index (χ1n) is 13.0. The van der Waals surface area contributed by atoms with Crippen molar-refractivity contribution in [2.45, 2.75) is 40.7 Å². The lowest BCUT2D eigenvalue weighted by Gasteiger charge is -2.26. The third-order valence-corrected chi connectivity index (χ3v) is 6.46. The molecule has 1 unspecified atom stereocenters. The largest absolute Gasteiger partial charge is 0.507 e. The number of aliphatic hydroxyl groups is 1. The van der Waals surface area contributed by atoms with Gasteiger partial charge in [-0.15, -0.1) is 0 Å². The number of carbonyl (C=O) groups is 3. The molecule has 7 nitrogen and oxygen atoms in total. The number of ether oxygens (including phenoxy) is 2. The highest BCUT2D eigenvalue weighted by Gasteiger charge is 2.47. The molecule has 1 amide bonds. The summed E-state index contributed by atoms with van der Waals surface area (Å²) < 4.78 is 11.0. The van der Waals surface area contributed by atoms with E-state index < -0.39 is 23.7 Å². The third-order valence-electron chi connectivity index (χ3n) is 6.46. The number of anilines is 1. The van der Waals surface area contributed by atoms with Crippen molar-refractivity contribution in [1.29, 1.82) is 0 Å². The summed E-state index contributed by atoms with van der Waals surface area (Å²) in [7, 11) is 0. The second-order valence-electron chi connectivity index (χ2n) is 10.0. The Hall–Kier alpha value is -4.39. The van der Waals surface area contributed by atoms with Gasteiger partial charge in [0, 0.05) is 11.3 Å². The van der Waals surface area contributed by atoms with E-state index in [2.05, 4.69) is 13.8 Å². The number of amides is 1. The Morgan fingerprint density at radius 3 is 2.38 bits per heavy atom. The SMILES string of the molecule is CCOC(=O)c1cccc(N2C(=O)C(=O)/C(=C(/O)c3ccc(OCC(C)C)c(C)c3)C2c2cccc(C)c2)c1. The second kappa shape index (κ2) is 11.6. The number of nitrogens with zero attached hydrogens (tertiary/aromatic N) is 1. The van der Waals surface area contributed by atoms with E-state index in [0.717, 1.165) is 11.1 Å². The van der Waals surface area contributed by atoms with Crippen molar-refractivity contribution in [3.63, 3.8) is 0 Å². The van der Waals surface area contributed by atoms with Gasteiger partial charge in [0.1, 0.15) is 11.5 Å². The zero-order valence-corrected chi connectivity index (χ0v) is 22.9. The molecule has 1 N–H and O–H groups in total. The summed E-state index contributed by atoms with van der Waals surface area (Å²) in [5, 5.41) is 11.5. The number of benzene rings is 3. The quantitative estimate of drug-likeness (QED) is 0.164. The molecule has 0 radical (unpaired) electrons. The normalized spacial score (nSPS) is 16.6. The van der Waals surface area contributed by atoms with Crippen LogP contribution in [-0.2, 0) is 14.3 Å². The molecule has 1 aliphatic rings. The van der Waals surface area contributed by atoms with Crippen molar-refractivity contribution in [3.8, 4) is 5.75 Å². The van der Waals surface area contributed by atoms with Gasteiger partial charge in [-0.05, 0) is 74.2 Å². The number of hydrogen-bond donors (Lipinski definition) is 1. The van der Waals surface area contributed by atoms with Crippen LogP contribution in [0.1, 0.15) is 59.4 Å². The Kier molecular flexibility index (Phi) is 8.19. The maximum Gasteiger partial charge on any atom is 0.338 e. The minimum absolute atomic E-state index is 0.0256. The molecule has 0 spiro atoms. The standard InChI is InChI=1S/C32H33NO6/c1-6-38-32(37)24-11-8-12-25(17-24)33-28(22-10-7-9-20(4)15-22)27(30(35)31(33)36)29(34)23-13-14-26(21(5)16-23)39-18-19(2)3/h7-17,19,28,34H,6,18H2,1-5H3/b29-27+. The summed E-state index contributed by atoms with van der Waals surface area (Å²) in [5.74, 6) is -1.37. The molecule has 0 bridgehead atoms. The van der Waals surface area contributed by atoms with E-state index >= 15 is 0 Å². The minimum atomic E-state index is -0.903. The second-order valence-corrected chi connectivity index (χ2v) is 10.0. The van der Waals surface area contributed by atoms with Gasteiger partial charge in [0.2, 0.25) is 0 Å². The first kappa shape index (κ1) is 27.6. The molecule has 1 saturated heterocycles. The highest BCUT2D eigenvalue weighted by atomic mass is 16.5. The van der Waals surface area contributed by atoms with E-state index in [4.69, 9.17) is 9.47 Å². The summed E-state index contributed by atoms with van der Waals surface area (Å²) in [6.07, 6.45) is 0. The molecule has 4 rings (SSSR count). The number of rotatable bonds is 8. The Morgan fingerprint density at radius 2 is 1.72 bits per heavy atom. The first-order chi connectivity index (χ1) is 18.6. The van der Waals surface area contributed by atoms with Crippen LogP contribution in [0, 0.1) is 19.8 Å². The Bertz CT molecular complexity index is 1450. The lowest BCUT2D eigenvalue weighted by atomic mass is 9.93. The smallest absolute Gasteiger partial charge is 0.338 e. The summed E-state index contributed by atoms with van der Waals surface area (Å²) >= 11 is 0. The van der Waals surface area contributed by atoms with Crippen molar-refractivity contribution in [2.24, 2.45) is 5.92 Å². The first-order valence-corrected chi connectivity index (χ1v) is 13.0. The zero-order chi connectivity index (χ0) is 28.3. The number of Topliss-reactive ketones (excluding diaryl/α,β-unsaturated/α-hetero) is 1. The molecule has 202 valence electrons. The molecule has 3 aromatic carbocycles. The lowest BCUT2D eigenvalue weighted by molar-refractivity contribution is -0.132. The highest BCUT2D eigenvalue weighted by Crippen LogP contribution is 2.42. The molecule has 1 aliphatic heterocycles. The maximum atomic E-state index is 13.5. The predicted octanol–water partition coefficient (Wildman–Crippen LogP) is 6.14. The van der Waals surface area contributed by atoms with Crippen molar-refractivity contribution < 1.29 is 29.0 Å². The van der Waals surface area contributed by atoms with Gasteiger partial charge in [0.05, 0.1) is 30.4 Å². The van der Waals surface area contributed by atoms with Crippen LogP contribution in [0.25, 0.3) is 5.76 Å². The maximum absolute atomic E-state index is 13.5. The summed E-state index contributed by atoms with van der Waals surface area (Å²) in [5.41, 5.74) is 3.37. The topological polar surface area (TPSA) is 93.1 Å². The van der Waals surface area contributed by atoms with Crippen molar-refractivity contribution >= 4 is 29.1 Å². The van der Waals surface area contributed by atoms with Crippen LogP contribution < -0.4 is 9.64 Å². The molecule has 1 heterocycles. The van der Waals surface area contributed by atoms with Gasteiger partial charge < -0.3 is 14.6 Å². The average molecular weight is 528 g/mol. The Morgan fingerprint density at radius 1 is 0.974 bits per heavy atom. The molecule has 7 heteroatoms. The van der Waals surface area contributed by atoms with Crippen LogP contribution >= 0.6 is 0 Å². The Balaban J connectivity index is 1.85. The summed E-state index contributed by atoms with van der Waals surface area (Å²) in [6, 6.07) is 18.1. The van der Waals surface area contributed by atoms with E-state index in [9.17, 15) is 19.5 Å². The van der Waals surface area contributed by atoms with Crippen LogP contribution in [-0.4, -0.2) is 36.0 Å². The van der Waals surface area contributed by atoms with E-state index in [-0.39, 0.29) is 23.5 Å². The molecule has 39 heavy (non-hydrogen) atoms. The van der Waals surface area contributed by atoms with Crippen molar-refractivity contribution in [1.82, 2.24) is 0 Å². The fourth-order valence-electron chi connectivity index (χ4n) is 4.62. The fraction of sp³-hybridized carbons (Fsp3) is 0.281. The molecule has 0 aromatic heterocycles. The van der Waals surface area contributed by atoms with Crippen LogP contribution in [0.4, 0.5) is 5.69 Å². The van der Waals surface area contributed by atoms with Crippen LogP contribution in [0.3, 0.4) is 0 Å². The molecular formula is C32H33NO6. The Labute approximate surface area is 228 Å². The molecule has 0 aliphatic carbocycles. The van der Waals surface area contributed by atoms with E-state index in [0.29, 0.717) is 35.1 Å². The molecule has 3 aromatic rings. The summed E-state index contributed by atoms with van der Waals surface area (Å²) in [6.45, 7) is 10.4. The average Bonchev–Trinajstić information content (AvgIpc) is 3.17. The van der Waals surface area contributed by atoms with Gasteiger partial charge in [0.15, 0.2) is 0 Å². The third kappa shape index (κ3) is 5.72. The van der Waals surface area contributed by atoms with Crippen molar-refractivity contribution in [3.05, 3.63) is 100 Å². The number of aliphatic hydroxyl groups excluding tert-OH is 1. The van der Waals surface area contributed by atoms with Gasteiger partial charge in [-0.2, -0.15) is 0 Å². The van der Waals surface area contributed by atoms with E-state index in [1.54, 1.807) is 43.3 Å². The number of esters is 1. The van der Waals surface area contributed by atoms with Crippen LogP contribution in [0.2, 0.25) is 0 Å². The van der Waals surface area contributed by atoms with Crippen molar-refractivity contribution in [2.75, 3.05) is 18.1 Å². The number of hydrogen-bond acceptors (Lipinski definition) is 6. The zero-order valence-electron chi connectivity index (χ0n) is 22.9. The predicted molar refractivity (Wildman–Crippen MR) is 150 cm³/mol. The minimum Gasteiger partial charge on any atom is -0.507 e. The number of carbonyl (C=O) groups excluding carboxylic acids is 3.